The van der Waals surface area contributed by atoms with Crippen LogP contribution in [0.2, 0.25) is 0 Å². The van der Waals surface area contributed by atoms with Crippen LogP contribution in [0.25, 0.3) is 0 Å². The lowest BCUT2D eigenvalue weighted by molar-refractivity contribution is 0.111. The summed E-state index contributed by atoms with van der Waals surface area (Å²) in [6, 6.07) is 0.747. The van der Waals surface area contributed by atoms with Gasteiger partial charge in [-0.15, -0.1) is 0 Å². The first-order valence-corrected chi connectivity index (χ1v) is 4.70. The van der Waals surface area contributed by atoms with Crippen molar-refractivity contribution >= 4 is 0 Å². The molecule has 1 aliphatic carbocycles. The highest BCUT2D eigenvalue weighted by Gasteiger charge is 2.45. The molecule has 64 valence electrons. The molecule has 2 fully saturated rings. The molecule has 1 heterocycles. The minimum atomic E-state index is 0.585. The topological polar surface area (TPSA) is 15.3 Å². The van der Waals surface area contributed by atoms with E-state index in [4.69, 9.17) is 0 Å². The quantitative estimate of drug-likeness (QED) is 0.602. The molecule has 2 nitrogen and oxygen atoms in total. The third kappa shape index (κ3) is 1.30. The Morgan fingerprint density at radius 3 is 2.73 bits per heavy atom. The molecular weight excluding hydrogens is 136 g/mol. The van der Waals surface area contributed by atoms with Crippen LogP contribution >= 0.6 is 0 Å². The highest BCUT2D eigenvalue weighted by Crippen LogP contribution is 2.42. The fourth-order valence-corrected chi connectivity index (χ4v) is 2.11. The first-order valence-electron chi connectivity index (χ1n) is 4.70. The summed E-state index contributed by atoms with van der Waals surface area (Å²) in [7, 11) is 0. The van der Waals surface area contributed by atoms with E-state index in [9.17, 15) is 0 Å². The molecule has 2 aliphatic rings. The predicted octanol–water partition coefficient (Wildman–Crippen LogP) is 0.833. The molecule has 1 saturated carbocycles. The molecule has 0 aromatic carbocycles. The third-order valence-corrected chi connectivity index (χ3v) is 3.17. The fraction of sp³-hybridized carbons (Fsp3) is 1.00. The lowest BCUT2D eigenvalue weighted by Crippen LogP contribution is -2.54. The second-order valence-corrected chi connectivity index (χ2v) is 4.24. The Labute approximate surface area is 69.0 Å². The largest absolute Gasteiger partial charge is 0.314 e. The maximum absolute atomic E-state index is 3.42. The van der Waals surface area contributed by atoms with Crippen molar-refractivity contribution in [1.29, 1.82) is 0 Å². The maximum atomic E-state index is 3.42. The Bertz CT molecular complexity index is 152. The van der Waals surface area contributed by atoms with E-state index in [1.54, 1.807) is 0 Å². The average Bonchev–Trinajstić information content (AvgIpc) is 2.70. The number of piperazine rings is 1. The molecule has 0 aromatic heterocycles. The standard InChI is InChI=1S/C9H18N2/c1-8-7-10-5-6-11(8)9(2)3-4-9/h8,10H,3-7H2,1-2H3. The van der Waals surface area contributed by atoms with Crippen LogP contribution in [0.15, 0.2) is 0 Å². The fourth-order valence-electron chi connectivity index (χ4n) is 2.11. The van der Waals surface area contributed by atoms with Crippen LogP contribution in [0.3, 0.4) is 0 Å². The van der Waals surface area contributed by atoms with Gasteiger partial charge in [0.1, 0.15) is 0 Å². The maximum Gasteiger partial charge on any atom is 0.0198 e. The van der Waals surface area contributed by atoms with E-state index in [2.05, 4.69) is 24.1 Å². The Balaban J connectivity index is 1.99. The van der Waals surface area contributed by atoms with Gasteiger partial charge >= 0.3 is 0 Å². The van der Waals surface area contributed by atoms with Crippen molar-refractivity contribution in [2.24, 2.45) is 0 Å². The zero-order valence-corrected chi connectivity index (χ0v) is 7.56. The molecule has 0 bridgehead atoms. The number of nitrogens with one attached hydrogen (secondary N) is 1. The summed E-state index contributed by atoms with van der Waals surface area (Å²) in [5.74, 6) is 0. The molecule has 0 aromatic rings. The Hall–Kier alpha value is -0.0800. The van der Waals surface area contributed by atoms with E-state index in [0.717, 1.165) is 6.04 Å². The summed E-state index contributed by atoms with van der Waals surface area (Å²) < 4.78 is 0. The van der Waals surface area contributed by atoms with E-state index >= 15 is 0 Å². The van der Waals surface area contributed by atoms with Gasteiger partial charge in [-0.25, -0.2) is 0 Å². The van der Waals surface area contributed by atoms with Crippen molar-refractivity contribution in [2.45, 2.75) is 38.3 Å². The summed E-state index contributed by atoms with van der Waals surface area (Å²) >= 11 is 0. The Kier molecular flexibility index (Phi) is 1.69. The minimum Gasteiger partial charge on any atom is -0.314 e. The van der Waals surface area contributed by atoms with Gasteiger partial charge in [0, 0.05) is 31.2 Å². The van der Waals surface area contributed by atoms with Crippen molar-refractivity contribution in [3.63, 3.8) is 0 Å². The molecule has 0 amide bonds. The smallest absolute Gasteiger partial charge is 0.0198 e. The van der Waals surface area contributed by atoms with E-state index < -0.39 is 0 Å². The summed E-state index contributed by atoms with van der Waals surface area (Å²) in [5, 5.41) is 3.42. The zero-order valence-electron chi connectivity index (χ0n) is 7.56. The van der Waals surface area contributed by atoms with Crippen LogP contribution in [-0.2, 0) is 0 Å². The zero-order chi connectivity index (χ0) is 7.90. The summed E-state index contributed by atoms with van der Waals surface area (Å²) in [5.41, 5.74) is 0.585. The highest BCUT2D eigenvalue weighted by atomic mass is 15.3. The number of hydrogen-bond acceptors (Lipinski definition) is 2. The minimum absolute atomic E-state index is 0.585. The second-order valence-electron chi connectivity index (χ2n) is 4.24. The number of nitrogens with zero attached hydrogens (tertiary/aromatic N) is 1. The van der Waals surface area contributed by atoms with E-state index in [1.807, 2.05) is 0 Å². The van der Waals surface area contributed by atoms with Gasteiger partial charge in [-0.3, -0.25) is 4.90 Å². The van der Waals surface area contributed by atoms with Crippen molar-refractivity contribution < 1.29 is 0 Å². The van der Waals surface area contributed by atoms with Crippen molar-refractivity contribution in [2.75, 3.05) is 19.6 Å². The summed E-state index contributed by atoms with van der Waals surface area (Å²) in [6.45, 7) is 8.33. The second kappa shape index (κ2) is 2.46. The molecule has 1 unspecified atom stereocenters. The van der Waals surface area contributed by atoms with Crippen LogP contribution < -0.4 is 5.32 Å². The summed E-state index contributed by atoms with van der Waals surface area (Å²) in [6.07, 6.45) is 2.83. The van der Waals surface area contributed by atoms with Gasteiger partial charge in [-0.2, -0.15) is 0 Å². The van der Waals surface area contributed by atoms with Crippen molar-refractivity contribution in [1.82, 2.24) is 10.2 Å². The molecule has 2 rings (SSSR count). The first kappa shape index (κ1) is 7.56. The van der Waals surface area contributed by atoms with Crippen LogP contribution in [0.4, 0.5) is 0 Å². The highest BCUT2D eigenvalue weighted by molar-refractivity contribution is 5.02. The monoisotopic (exact) mass is 154 g/mol. The average molecular weight is 154 g/mol. The van der Waals surface area contributed by atoms with Crippen molar-refractivity contribution in [3.05, 3.63) is 0 Å². The molecule has 0 radical (unpaired) electrons. The van der Waals surface area contributed by atoms with Gasteiger partial charge in [0.05, 0.1) is 0 Å². The molecule has 1 aliphatic heterocycles. The number of hydrogen-bond donors (Lipinski definition) is 1. The normalized spacial score (nSPS) is 37.1. The first-order chi connectivity index (χ1) is 5.22. The number of rotatable bonds is 1. The van der Waals surface area contributed by atoms with Gasteiger partial charge in [-0.1, -0.05) is 0 Å². The third-order valence-electron chi connectivity index (χ3n) is 3.17. The Morgan fingerprint density at radius 1 is 1.45 bits per heavy atom. The van der Waals surface area contributed by atoms with Crippen LogP contribution in [0.5, 0.6) is 0 Å². The molecular formula is C9H18N2. The summed E-state index contributed by atoms with van der Waals surface area (Å²) in [4.78, 5) is 2.67. The van der Waals surface area contributed by atoms with Gasteiger partial charge < -0.3 is 5.32 Å². The molecule has 1 saturated heterocycles. The van der Waals surface area contributed by atoms with E-state index in [0.29, 0.717) is 5.54 Å². The predicted molar refractivity (Wildman–Crippen MR) is 46.7 cm³/mol. The van der Waals surface area contributed by atoms with Gasteiger partial charge in [0.15, 0.2) is 0 Å². The van der Waals surface area contributed by atoms with Gasteiger partial charge in [0.25, 0.3) is 0 Å². The van der Waals surface area contributed by atoms with Crippen LogP contribution in [0.1, 0.15) is 26.7 Å². The molecule has 11 heavy (non-hydrogen) atoms. The van der Waals surface area contributed by atoms with Crippen LogP contribution in [-0.4, -0.2) is 36.1 Å². The lowest BCUT2D eigenvalue weighted by atomic mass is 10.1. The van der Waals surface area contributed by atoms with Gasteiger partial charge in [-0.05, 0) is 26.7 Å². The van der Waals surface area contributed by atoms with Crippen molar-refractivity contribution in [3.8, 4) is 0 Å². The molecule has 1 atom stereocenters. The molecule has 0 spiro atoms. The lowest BCUT2D eigenvalue weighted by Gasteiger charge is -2.38. The molecule has 2 heteroatoms. The van der Waals surface area contributed by atoms with E-state index in [-0.39, 0.29) is 0 Å². The van der Waals surface area contributed by atoms with Gasteiger partial charge in [0.2, 0.25) is 0 Å². The van der Waals surface area contributed by atoms with E-state index in [1.165, 1.54) is 32.5 Å². The van der Waals surface area contributed by atoms with Crippen LogP contribution in [0, 0.1) is 0 Å². The SMILES string of the molecule is CC1CNCCN1C1(C)CC1. The molecule has 1 N–H and O–H groups in total. The Morgan fingerprint density at radius 2 is 2.18 bits per heavy atom.